The zero-order valence-electron chi connectivity index (χ0n) is 13.1. The largest absolute Gasteiger partial charge is 0.337 e. The third-order valence-electron chi connectivity index (χ3n) is 4.04. The van der Waals surface area contributed by atoms with E-state index in [1.165, 1.54) is 17.0 Å². The lowest BCUT2D eigenvalue weighted by Gasteiger charge is -2.21. The number of nitrogens with zero attached hydrogens (tertiary/aromatic N) is 3. The van der Waals surface area contributed by atoms with Crippen LogP contribution in [0.2, 0.25) is 0 Å². The number of aromatic nitrogens is 3. The van der Waals surface area contributed by atoms with Gasteiger partial charge < -0.3 is 5.32 Å². The van der Waals surface area contributed by atoms with E-state index in [-0.39, 0.29) is 6.03 Å². The average Bonchev–Trinajstić information content (AvgIpc) is 2.98. The number of fused-ring (bicyclic) bond motifs is 1. The molecule has 0 aliphatic heterocycles. The van der Waals surface area contributed by atoms with Crippen molar-refractivity contribution < 1.29 is 4.79 Å². The van der Waals surface area contributed by atoms with Crippen LogP contribution in [0, 0.1) is 13.8 Å². The lowest BCUT2D eigenvalue weighted by molar-refractivity contribution is 0.251. The highest BCUT2D eigenvalue weighted by atomic mass is 32.1. The molecule has 0 saturated carbocycles. The van der Waals surface area contributed by atoms with E-state index < -0.39 is 0 Å². The van der Waals surface area contributed by atoms with Crippen molar-refractivity contribution in [2.45, 2.75) is 39.0 Å². The summed E-state index contributed by atoms with van der Waals surface area (Å²) in [7, 11) is 1.85. The Kier molecular flexibility index (Phi) is 4.15. The summed E-state index contributed by atoms with van der Waals surface area (Å²) in [5, 5.41) is 11.1. The summed E-state index contributed by atoms with van der Waals surface area (Å²) in [6.07, 6.45) is 3.37. The van der Waals surface area contributed by atoms with Crippen LogP contribution in [-0.2, 0) is 13.5 Å². The first kappa shape index (κ1) is 15.0. The van der Waals surface area contributed by atoms with Crippen molar-refractivity contribution in [3.63, 3.8) is 0 Å². The summed E-state index contributed by atoms with van der Waals surface area (Å²) in [5.41, 5.74) is 2.19. The van der Waals surface area contributed by atoms with E-state index in [1.54, 1.807) is 16.0 Å². The van der Waals surface area contributed by atoms with Crippen LogP contribution in [0.4, 0.5) is 10.6 Å². The highest BCUT2D eigenvalue weighted by Crippen LogP contribution is 2.34. The van der Waals surface area contributed by atoms with Gasteiger partial charge in [0, 0.05) is 36.1 Å². The van der Waals surface area contributed by atoms with Crippen molar-refractivity contribution in [3.05, 3.63) is 27.3 Å². The molecule has 2 heterocycles. The third kappa shape index (κ3) is 3.14. The Labute approximate surface area is 133 Å². The summed E-state index contributed by atoms with van der Waals surface area (Å²) < 4.78 is 1.74. The van der Waals surface area contributed by atoms with Crippen LogP contribution in [0.5, 0.6) is 0 Å². The Morgan fingerprint density at radius 1 is 1.50 bits per heavy atom. The Bertz CT molecular complexity index is 671. The number of rotatable bonds is 3. The van der Waals surface area contributed by atoms with Crippen molar-refractivity contribution >= 4 is 23.2 Å². The Hall–Kier alpha value is -1.89. The summed E-state index contributed by atoms with van der Waals surface area (Å²) in [4.78, 5) is 18.0. The van der Waals surface area contributed by atoms with Crippen molar-refractivity contribution in [2.24, 2.45) is 7.05 Å². The van der Waals surface area contributed by atoms with Crippen LogP contribution in [0.1, 0.15) is 40.0 Å². The maximum absolute atomic E-state index is 12.0. The molecule has 0 fully saturated rings. The molecule has 3 rings (SSSR count). The molecule has 2 aromatic heterocycles. The van der Waals surface area contributed by atoms with Gasteiger partial charge in [-0.1, -0.05) is 0 Å². The number of aryl methyl sites for hydroxylation is 4. The molecule has 0 radical (unpaired) electrons. The molecule has 2 aromatic rings. The highest BCUT2D eigenvalue weighted by Gasteiger charge is 2.24. The molecule has 118 valence electrons. The molecule has 7 heteroatoms. The van der Waals surface area contributed by atoms with Gasteiger partial charge in [0.15, 0.2) is 5.82 Å². The highest BCUT2D eigenvalue weighted by molar-refractivity contribution is 7.11. The van der Waals surface area contributed by atoms with Gasteiger partial charge in [-0.15, -0.1) is 11.3 Å². The summed E-state index contributed by atoms with van der Waals surface area (Å²) >= 11 is 1.78. The van der Waals surface area contributed by atoms with Crippen LogP contribution in [0.3, 0.4) is 0 Å². The van der Waals surface area contributed by atoms with E-state index in [0.717, 1.165) is 23.5 Å². The molecule has 2 amide bonds. The maximum atomic E-state index is 12.0. The van der Waals surface area contributed by atoms with Gasteiger partial charge in [0.05, 0.1) is 10.7 Å². The summed E-state index contributed by atoms with van der Waals surface area (Å²) in [6.45, 7) is 4.61. The van der Waals surface area contributed by atoms with Gasteiger partial charge in [-0.25, -0.2) is 9.78 Å². The van der Waals surface area contributed by atoms with Gasteiger partial charge in [0.2, 0.25) is 0 Å². The van der Waals surface area contributed by atoms with Gasteiger partial charge in [-0.2, -0.15) is 5.10 Å². The van der Waals surface area contributed by atoms with Gasteiger partial charge in [0.1, 0.15) is 0 Å². The van der Waals surface area contributed by atoms with Gasteiger partial charge >= 0.3 is 6.03 Å². The molecule has 22 heavy (non-hydrogen) atoms. The van der Waals surface area contributed by atoms with E-state index in [4.69, 9.17) is 0 Å². The molecule has 1 aliphatic carbocycles. The van der Waals surface area contributed by atoms with Crippen LogP contribution in [0.25, 0.3) is 0 Å². The number of carbonyl (C=O) groups is 1. The first-order valence-corrected chi connectivity index (χ1v) is 8.36. The van der Waals surface area contributed by atoms with E-state index >= 15 is 0 Å². The van der Waals surface area contributed by atoms with Crippen LogP contribution < -0.4 is 10.6 Å². The molecular weight excluding hydrogens is 298 g/mol. The number of anilines is 1. The van der Waals surface area contributed by atoms with Crippen molar-refractivity contribution in [3.8, 4) is 0 Å². The molecule has 0 aromatic carbocycles. The van der Waals surface area contributed by atoms with E-state index in [2.05, 4.69) is 20.7 Å². The second-order valence-electron chi connectivity index (χ2n) is 5.76. The number of nitrogens with one attached hydrogen (secondary N) is 2. The first-order chi connectivity index (χ1) is 10.5. The van der Waals surface area contributed by atoms with Crippen molar-refractivity contribution in [1.29, 1.82) is 0 Å². The molecule has 1 atom stereocenters. The van der Waals surface area contributed by atoms with Crippen molar-refractivity contribution in [2.75, 3.05) is 11.9 Å². The second kappa shape index (κ2) is 6.08. The maximum Gasteiger partial charge on any atom is 0.320 e. The normalized spacial score (nSPS) is 17.1. The minimum atomic E-state index is -0.211. The minimum absolute atomic E-state index is 0.211. The molecule has 0 spiro atoms. The number of thiazole rings is 1. The number of hydrogen-bond donors (Lipinski definition) is 2. The zero-order valence-corrected chi connectivity index (χ0v) is 14.0. The zero-order chi connectivity index (χ0) is 15.7. The first-order valence-electron chi connectivity index (χ1n) is 7.54. The molecule has 0 bridgehead atoms. The van der Waals surface area contributed by atoms with E-state index in [1.807, 2.05) is 27.0 Å². The third-order valence-corrected chi connectivity index (χ3v) is 5.09. The number of hydrogen-bond acceptors (Lipinski definition) is 4. The molecule has 1 aliphatic rings. The van der Waals surface area contributed by atoms with Gasteiger partial charge in [-0.05, 0) is 33.1 Å². The van der Waals surface area contributed by atoms with Crippen LogP contribution in [0.15, 0.2) is 6.07 Å². The van der Waals surface area contributed by atoms with E-state index in [9.17, 15) is 4.79 Å². The Morgan fingerprint density at radius 3 is 3.05 bits per heavy atom. The fourth-order valence-electron chi connectivity index (χ4n) is 2.83. The lowest BCUT2D eigenvalue weighted by Crippen LogP contribution is -2.33. The smallest absolute Gasteiger partial charge is 0.320 e. The molecule has 0 unspecified atom stereocenters. The van der Waals surface area contributed by atoms with Gasteiger partial charge in [0.25, 0.3) is 0 Å². The quantitative estimate of drug-likeness (QED) is 0.913. The van der Waals surface area contributed by atoms with Gasteiger partial charge in [-0.3, -0.25) is 10.00 Å². The standard InChI is InChI=1S/C15H21N5OS/c1-9-7-13(19-20(9)3)18-15(21)16-8-11-5-4-6-12-14(11)17-10(2)22-12/h7,11H,4-6,8H2,1-3H3,(H2,16,18,19,21)/t11-/m0/s1. The lowest BCUT2D eigenvalue weighted by atomic mass is 9.91. The molecular formula is C15H21N5OS. The fourth-order valence-corrected chi connectivity index (χ4v) is 3.89. The minimum Gasteiger partial charge on any atom is -0.337 e. The Morgan fingerprint density at radius 2 is 2.32 bits per heavy atom. The fraction of sp³-hybridized carbons (Fsp3) is 0.533. The van der Waals surface area contributed by atoms with Crippen LogP contribution in [-0.4, -0.2) is 27.3 Å². The molecule has 2 N–H and O–H groups in total. The second-order valence-corrected chi connectivity index (χ2v) is 7.05. The van der Waals surface area contributed by atoms with Crippen LogP contribution >= 0.6 is 11.3 Å². The monoisotopic (exact) mass is 319 g/mol. The predicted octanol–water partition coefficient (Wildman–Crippen LogP) is 2.74. The number of amides is 2. The average molecular weight is 319 g/mol. The summed E-state index contributed by atoms with van der Waals surface area (Å²) in [5.74, 6) is 0.899. The molecule has 6 nitrogen and oxygen atoms in total. The van der Waals surface area contributed by atoms with Crippen molar-refractivity contribution in [1.82, 2.24) is 20.1 Å². The number of carbonyl (C=O) groups excluding carboxylic acids is 1. The van der Waals surface area contributed by atoms with E-state index in [0.29, 0.717) is 18.3 Å². The number of urea groups is 1. The molecule has 0 saturated heterocycles. The topological polar surface area (TPSA) is 71.8 Å². The summed E-state index contributed by atoms with van der Waals surface area (Å²) in [6, 6.07) is 1.64. The predicted molar refractivity (Wildman–Crippen MR) is 87.5 cm³/mol. The SMILES string of the molecule is Cc1nc2c(s1)CCC[C@H]2CNC(=O)Nc1cc(C)n(C)n1. The Balaban J connectivity index is 1.57.